The molecule has 1 N–H and O–H groups in total. The minimum absolute atomic E-state index is 0.0140. The van der Waals surface area contributed by atoms with Gasteiger partial charge < -0.3 is 14.8 Å². The highest BCUT2D eigenvalue weighted by Crippen LogP contribution is 2.38. The summed E-state index contributed by atoms with van der Waals surface area (Å²) in [7, 11) is 0. The SMILES string of the molecule is CCCOc1ccc(NC(=O)[C@@]2(OCCC)CCC[C@H](C)C2)c2ccccc12. The van der Waals surface area contributed by atoms with Gasteiger partial charge in [0.2, 0.25) is 0 Å². The zero-order valence-electron chi connectivity index (χ0n) is 17.4. The second kappa shape index (κ2) is 9.42. The van der Waals surface area contributed by atoms with E-state index in [2.05, 4.69) is 26.1 Å². The Hall–Kier alpha value is -2.07. The summed E-state index contributed by atoms with van der Waals surface area (Å²) < 4.78 is 12.1. The molecule has 152 valence electrons. The van der Waals surface area contributed by atoms with Gasteiger partial charge in [-0.2, -0.15) is 0 Å². The Morgan fingerprint density at radius 1 is 1.11 bits per heavy atom. The Balaban J connectivity index is 1.89. The molecule has 0 unspecified atom stereocenters. The second-order valence-corrected chi connectivity index (χ2v) is 8.00. The van der Waals surface area contributed by atoms with Gasteiger partial charge >= 0.3 is 0 Å². The van der Waals surface area contributed by atoms with Crippen LogP contribution in [0.25, 0.3) is 10.8 Å². The standard InChI is InChI=1S/C24H33NO3/c1-4-15-27-22-13-12-21(19-10-6-7-11-20(19)22)25-23(26)24(28-16-5-2)14-8-9-18(3)17-24/h6-7,10-13,18H,4-5,8-9,14-17H2,1-3H3,(H,25,26)/t18-,24+/m0/s1. The van der Waals surface area contributed by atoms with Gasteiger partial charge in [0.05, 0.1) is 6.61 Å². The van der Waals surface area contributed by atoms with E-state index >= 15 is 0 Å². The summed E-state index contributed by atoms with van der Waals surface area (Å²) in [5.74, 6) is 1.34. The van der Waals surface area contributed by atoms with Crippen LogP contribution < -0.4 is 10.1 Å². The zero-order chi connectivity index (χ0) is 20.0. The summed E-state index contributed by atoms with van der Waals surface area (Å²) in [6, 6.07) is 12.0. The summed E-state index contributed by atoms with van der Waals surface area (Å²) in [5.41, 5.74) is 0.105. The van der Waals surface area contributed by atoms with E-state index in [9.17, 15) is 4.79 Å². The number of hydrogen-bond acceptors (Lipinski definition) is 3. The molecular formula is C24H33NO3. The number of ether oxygens (including phenoxy) is 2. The molecule has 2 aromatic carbocycles. The third kappa shape index (κ3) is 4.49. The molecular weight excluding hydrogens is 350 g/mol. The van der Waals surface area contributed by atoms with E-state index in [0.29, 0.717) is 19.1 Å². The van der Waals surface area contributed by atoms with Crippen molar-refractivity contribution in [3.05, 3.63) is 36.4 Å². The van der Waals surface area contributed by atoms with Gasteiger partial charge in [0.15, 0.2) is 0 Å². The topological polar surface area (TPSA) is 47.6 Å². The van der Waals surface area contributed by atoms with Crippen LogP contribution in [0.4, 0.5) is 5.69 Å². The summed E-state index contributed by atoms with van der Waals surface area (Å²) in [4.78, 5) is 13.4. The maximum atomic E-state index is 13.4. The number of fused-ring (bicyclic) bond motifs is 1. The molecule has 0 spiro atoms. The normalized spacial score (nSPS) is 22.2. The number of hydrogen-bond donors (Lipinski definition) is 1. The van der Waals surface area contributed by atoms with Crippen molar-refractivity contribution >= 4 is 22.4 Å². The van der Waals surface area contributed by atoms with E-state index in [4.69, 9.17) is 9.47 Å². The Bertz CT molecular complexity index is 804. The number of rotatable bonds is 8. The lowest BCUT2D eigenvalue weighted by molar-refractivity contribution is -0.148. The smallest absolute Gasteiger partial charge is 0.256 e. The van der Waals surface area contributed by atoms with Crippen molar-refractivity contribution in [2.24, 2.45) is 5.92 Å². The highest BCUT2D eigenvalue weighted by molar-refractivity contribution is 6.06. The van der Waals surface area contributed by atoms with Gasteiger partial charge in [-0.3, -0.25) is 4.79 Å². The second-order valence-electron chi connectivity index (χ2n) is 8.00. The number of amides is 1. The molecule has 0 aliphatic heterocycles. The van der Waals surface area contributed by atoms with Crippen LogP contribution in [0.2, 0.25) is 0 Å². The van der Waals surface area contributed by atoms with E-state index < -0.39 is 5.60 Å². The fraction of sp³-hybridized carbons (Fsp3) is 0.542. The van der Waals surface area contributed by atoms with Crippen molar-refractivity contribution in [3.63, 3.8) is 0 Å². The van der Waals surface area contributed by atoms with Crippen LogP contribution in [-0.2, 0) is 9.53 Å². The fourth-order valence-electron chi connectivity index (χ4n) is 4.16. The largest absolute Gasteiger partial charge is 0.493 e. The van der Waals surface area contributed by atoms with Crippen LogP contribution in [-0.4, -0.2) is 24.7 Å². The number of nitrogens with one attached hydrogen (secondary N) is 1. The van der Waals surface area contributed by atoms with Crippen LogP contribution in [0, 0.1) is 5.92 Å². The molecule has 1 saturated carbocycles. The van der Waals surface area contributed by atoms with Gasteiger partial charge in [0.25, 0.3) is 5.91 Å². The molecule has 0 aromatic heterocycles. The van der Waals surface area contributed by atoms with Crippen LogP contribution in [0.5, 0.6) is 5.75 Å². The summed E-state index contributed by atoms with van der Waals surface area (Å²) >= 11 is 0. The maximum Gasteiger partial charge on any atom is 0.256 e. The third-order valence-corrected chi connectivity index (χ3v) is 5.55. The molecule has 2 atom stereocenters. The van der Waals surface area contributed by atoms with E-state index in [-0.39, 0.29) is 5.91 Å². The number of benzene rings is 2. The molecule has 1 aliphatic rings. The molecule has 4 heteroatoms. The Morgan fingerprint density at radius 3 is 2.57 bits per heavy atom. The van der Waals surface area contributed by atoms with Gasteiger partial charge in [0, 0.05) is 23.1 Å². The molecule has 0 radical (unpaired) electrons. The number of anilines is 1. The summed E-state index contributed by atoms with van der Waals surface area (Å²) in [5, 5.41) is 5.21. The average Bonchev–Trinajstić information content (AvgIpc) is 2.71. The molecule has 0 heterocycles. The first-order chi connectivity index (χ1) is 13.6. The van der Waals surface area contributed by atoms with Crippen molar-refractivity contribution in [1.29, 1.82) is 0 Å². The number of carbonyl (C=O) groups is 1. The summed E-state index contributed by atoms with van der Waals surface area (Å²) in [6.45, 7) is 7.69. The van der Waals surface area contributed by atoms with Crippen molar-refractivity contribution < 1.29 is 14.3 Å². The van der Waals surface area contributed by atoms with Crippen molar-refractivity contribution in [2.75, 3.05) is 18.5 Å². The molecule has 0 saturated heterocycles. The average molecular weight is 384 g/mol. The molecule has 1 aliphatic carbocycles. The van der Waals surface area contributed by atoms with Crippen molar-refractivity contribution in [2.45, 2.75) is 64.9 Å². The van der Waals surface area contributed by atoms with E-state index in [1.807, 2.05) is 36.4 Å². The monoisotopic (exact) mass is 383 g/mol. The Kier molecular flexibility index (Phi) is 6.95. The molecule has 1 fully saturated rings. The minimum Gasteiger partial charge on any atom is -0.493 e. The van der Waals surface area contributed by atoms with E-state index in [1.165, 1.54) is 0 Å². The van der Waals surface area contributed by atoms with E-state index in [1.54, 1.807) is 0 Å². The molecule has 2 aromatic rings. The van der Waals surface area contributed by atoms with Gasteiger partial charge in [-0.1, -0.05) is 51.5 Å². The lowest BCUT2D eigenvalue weighted by Crippen LogP contribution is -2.48. The number of carbonyl (C=O) groups excluding carboxylic acids is 1. The van der Waals surface area contributed by atoms with Crippen molar-refractivity contribution in [1.82, 2.24) is 0 Å². The first-order valence-corrected chi connectivity index (χ1v) is 10.7. The fourth-order valence-corrected chi connectivity index (χ4v) is 4.16. The van der Waals surface area contributed by atoms with Gasteiger partial charge in [-0.05, 0) is 50.2 Å². The van der Waals surface area contributed by atoms with Crippen LogP contribution in [0.15, 0.2) is 36.4 Å². The molecule has 28 heavy (non-hydrogen) atoms. The zero-order valence-corrected chi connectivity index (χ0v) is 17.4. The van der Waals surface area contributed by atoms with Gasteiger partial charge in [-0.15, -0.1) is 0 Å². The van der Waals surface area contributed by atoms with Gasteiger partial charge in [-0.25, -0.2) is 0 Å². The van der Waals surface area contributed by atoms with Gasteiger partial charge in [0.1, 0.15) is 11.4 Å². The third-order valence-electron chi connectivity index (χ3n) is 5.55. The first kappa shape index (κ1) is 20.7. The quantitative estimate of drug-likeness (QED) is 0.613. The summed E-state index contributed by atoms with van der Waals surface area (Å²) in [6.07, 6.45) is 5.64. The highest BCUT2D eigenvalue weighted by atomic mass is 16.5. The highest BCUT2D eigenvalue weighted by Gasteiger charge is 2.42. The van der Waals surface area contributed by atoms with Crippen LogP contribution in [0.3, 0.4) is 0 Å². The Morgan fingerprint density at radius 2 is 1.86 bits per heavy atom. The Labute approximate surface area is 168 Å². The molecule has 4 nitrogen and oxygen atoms in total. The lowest BCUT2D eigenvalue weighted by Gasteiger charge is -2.38. The first-order valence-electron chi connectivity index (χ1n) is 10.7. The maximum absolute atomic E-state index is 13.4. The minimum atomic E-state index is -0.716. The molecule has 0 bridgehead atoms. The lowest BCUT2D eigenvalue weighted by atomic mass is 9.78. The van der Waals surface area contributed by atoms with E-state index in [0.717, 1.165) is 60.7 Å². The predicted molar refractivity (Wildman–Crippen MR) is 115 cm³/mol. The van der Waals surface area contributed by atoms with Crippen LogP contribution >= 0.6 is 0 Å². The molecule has 3 rings (SSSR count). The van der Waals surface area contributed by atoms with Crippen molar-refractivity contribution in [3.8, 4) is 5.75 Å². The predicted octanol–water partition coefficient (Wildman–Crippen LogP) is 5.94. The molecule has 1 amide bonds. The van der Waals surface area contributed by atoms with Crippen LogP contribution in [0.1, 0.15) is 59.3 Å².